The van der Waals surface area contributed by atoms with Crippen molar-refractivity contribution >= 4 is 58.3 Å². The van der Waals surface area contributed by atoms with E-state index in [4.69, 9.17) is 59.1 Å². The molecule has 0 radical (unpaired) electrons. The number of nitrogens with zero attached hydrogens (tertiary/aromatic N) is 5. The summed E-state index contributed by atoms with van der Waals surface area (Å²) in [6, 6.07) is 14.2. The van der Waals surface area contributed by atoms with Crippen molar-refractivity contribution in [3.05, 3.63) is 91.5 Å². The van der Waals surface area contributed by atoms with Gasteiger partial charge in [0.15, 0.2) is 0 Å². The lowest BCUT2D eigenvalue weighted by atomic mass is 9.97. The number of benzene rings is 2. The van der Waals surface area contributed by atoms with Crippen molar-refractivity contribution in [2.75, 3.05) is 13.7 Å². The van der Waals surface area contributed by atoms with E-state index in [1.807, 2.05) is 30.3 Å². The molecule has 0 saturated carbocycles. The molecule has 6 rings (SSSR count). The summed E-state index contributed by atoms with van der Waals surface area (Å²) >= 11 is 21.3. The highest BCUT2D eigenvalue weighted by molar-refractivity contribution is 6.39. The molecule has 1 aliphatic rings. The molecule has 1 saturated heterocycles. The smallest absolute Gasteiger partial charge is 0.410 e. The van der Waals surface area contributed by atoms with E-state index in [0.717, 1.165) is 0 Å². The van der Waals surface area contributed by atoms with Gasteiger partial charge in [-0.25, -0.2) is 14.3 Å². The van der Waals surface area contributed by atoms with Crippen molar-refractivity contribution < 1.29 is 28.6 Å². The molecule has 1 atom stereocenters. The Morgan fingerprint density at radius 2 is 1.62 bits per heavy atom. The molecule has 1 aliphatic heterocycles. The minimum Gasteiger partial charge on any atom is -0.481 e. The first-order valence-electron chi connectivity index (χ1n) is 19.8. The molecule has 3 aromatic heterocycles. The van der Waals surface area contributed by atoms with E-state index in [1.165, 1.54) is 21.1 Å². The maximum absolute atomic E-state index is 13.6. The lowest BCUT2D eigenvalue weighted by Gasteiger charge is -2.29. The maximum Gasteiger partial charge on any atom is 0.410 e. The van der Waals surface area contributed by atoms with Crippen LogP contribution >= 0.6 is 34.8 Å². The number of esters is 1. The fourth-order valence-electron chi connectivity index (χ4n) is 6.88. The van der Waals surface area contributed by atoms with Gasteiger partial charge in [-0.15, -0.1) is 0 Å². The molecule has 324 valence electrons. The minimum atomic E-state index is -1.02. The van der Waals surface area contributed by atoms with Gasteiger partial charge in [0.05, 0.1) is 52.6 Å². The number of aromatic nitrogens is 4. The Hall–Kier alpha value is -5.15. The first-order valence-corrected chi connectivity index (χ1v) is 20.9. The summed E-state index contributed by atoms with van der Waals surface area (Å²) in [7, 11) is 3.09. The van der Waals surface area contributed by atoms with Crippen molar-refractivity contribution in [3.63, 3.8) is 0 Å². The summed E-state index contributed by atoms with van der Waals surface area (Å²) < 4.78 is 19.8. The molecule has 2 aromatic carbocycles. The molecule has 0 spiro atoms. The molecular weight excluding hydrogens is 845 g/mol. The highest BCUT2D eigenvalue weighted by Crippen LogP contribution is 2.43. The van der Waals surface area contributed by atoms with Gasteiger partial charge >= 0.3 is 12.1 Å². The number of carbonyl (C=O) groups is 3. The van der Waals surface area contributed by atoms with Crippen LogP contribution in [0.15, 0.2) is 59.5 Å². The third kappa shape index (κ3) is 10.2. The number of amides is 2. The summed E-state index contributed by atoms with van der Waals surface area (Å²) in [5, 5.41) is 11.8. The Labute approximate surface area is 369 Å². The second kappa shape index (κ2) is 18.1. The zero-order chi connectivity index (χ0) is 44.6. The van der Waals surface area contributed by atoms with Crippen LogP contribution < -0.4 is 20.9 Å². The number of halogens is 3. The first kappa shape index (κ1) is 45.4. The number of hydrogen-bond acceptors (Lipinski definition) is 10. The van der Waals surface area contributed by atoms with E-state index in [-0.39, 0.29) is 54.1 Å². The maximum atomic E-state index is 13.6. The largest absolute Gasteiger partial charge is 0.481 e. The van der Waals surface area contributed by atoms with Crippen LogP contribution in [0, 0.1) is 0 Å². The third-order valence-corrected chi connectivity index (χ3v) is 11.3. The second-order valence-corrected chi connectivity index (χ2v) is 17.9. The molecule has 17 heteroatoms. The van der Waals surface area contributed by atoms with E-state index in [1.54, 1.807) is 79.9 Å². The monoisotopic (exact) mass is 893 g/mol. The number of methoxy groups -OCH3 is 1. The van der Waals surface area contributed by atoms with E-state index >= 15 is 0 Å². The zero-order valence-electron chi connectivity index (χ0n) is 35.6. The van der Waals surface area contributed by atoms with E-state index < -0.39 is 23.2 Å². The highest BCUT2D eigenvalue weighted by Gasteiger charge is 2.32. The van der Waals surface area contributed by atoms with Gasteiger partial charge in [0.2, 0.25) is 11.8 Å². The SMILES string of the molecule is COc1nc(-c2cccc(-c3cccc(-c4cc5c(=O)n(C)c(CNC(C)(C)C(=O)OC(C)C)nn5c4)c3Cl)c2Cl)cc(Cl)c1CN(CC1CCC(=O)N1)C(=O)OC(C)(C)C. The average Bonchev–Trinajstić information content (AvgIpc) is 3.81. The van der Waals surface area contributed by atoms with Crippen molar-refractivity contribution in [3.8, 4) is 39.4 Å². The summed E-state index contributed by atoms with van der Waals surface area (Å²) in [4.78, 5) is 57.8. The fourth-order valence-corrected chi connectivity index (χ4v) is 7.79. The molecule has 5 aromatic rings. The van der Waals surface area contributed by atoms with E-state index in [0.29, 0.717) is 73.3 Å². The lowest BCUT2D eigenvalue weighted by Crippen LogP contribution is -2.48. The van der Waals surface area contributed by atoms with Crippen molar-refractivity contribution in [2.45, 2.75) is 97.7 Å². The molecule has 2 amide bonds. The second-order valence-electron chi connectivity index (χ2n) is 16.7. The Morgan fingerprint density at radius 1 is 0.984 bits per heavy atom. The number of carbonyl (C=O) groups excluding carboxylic acids is 3. The van der Waals surface area contributed by atoms with Crippen LogP contribution in [0.5, 0.6) is 5.88 Å². The molecule has 61 heavy (non-hydrogen) atoms. The van der Waals surface area contributed by atoms with Crippen molar-refractivity contribution in [1.82, 2.24) is 34.7 Å². The van der Waals surface area contributed by atoms with Gasteiger partial charge in [0.1, 0.15) is 22.5 Å². The quantitative estimate of drug-likeness (QED) is 0.110. The van der Waals surface area contributed by atoms with E-state index in [2.05, 4.69) is 10.6 Å². The molecule has 0 bridgehead atoms. The highest BCUT2D eigenvalue weighted by atomic mass is 35.5. The van der Waals surface area contributed by atoms with Gasteiger partial charge in [-0.2, -0.15) is 5.10 Å². The Balaban J connectivity index is 1.30. The number of rotatable bonds is 13. The zero-order valence-corrected chi connectivity index (χ0v) is 37.9. The summed E-state index contributed by atoms with van der Waals surface area (Å²) in [5.41, 5.74) is 2.24. The molecule has 2 N–H and O–H groups in total. The van der Waals surface area contributed by atoms with Gasteiger partial charge in [0.25, 0.3) is 5.56 Å². The van der Waals surface area contributed by atoms with Gasteiger partial charge in [-0.1, -0.05) is 71.2 Å². The molecule has 1 fully saturated rings. The molecule has 1 unspecified atom stereocenters. The summed E-state index contributed by atoms with van der Waals surface area (Å²) in [5.74, 6) is 0.108. The average molecular weight is 895 g/mol. The number of nitrogens with one attached hydrogen (secondary N) is 2. The number of ether oxygens (including phenoxy) is 3. The Bertz CT molecular complexity index is 2560. The standard InChI is InChI=1S/C44H50Cl3N7O7/c1-24(2)60-41(57)44(6,7)48-20-35-51-54-21-25(18-34(54)40(56)52(35)8)27-12-10-13-28(37(27)46)29-14-11-15-30(38(29)47)33-19-32(45)31(39(50-33)59-9)23-53(42(58)61-43(3,4)5)22-26-16-17-36(55)49-26/h10-15,18-19,21,24,26,48H,16-17,20,22-23H2,1-9H3,(H,49,55). The first-order chi connectivity index (χ1) is 28.7. The summed E-state index contributed by atoms with van der Waals surface area (Å²) in [6.45, 7) is 12.7. The van der Waals surface area contributed by atoms with Gasteiger partial charge in [-0.3, -0.25) is 24.3 Å². The van der Waals surface area contributed by atoms with Gasteiger partial charge < -0.3 is 24.4 Å². The molecule has 14 nitrogen and oxygen atoms in total. The molecule has 4 heterocycles. The fraction of sp³-hybridized carbons (Fsp3) is 0.409. The molecule has 0 aliphatic carbocycles. The van der Waals surface area contributed by atoms with Gasteiger partial charge in [0, 0.05) is 60.1 Å². The van der Waals surface area contributed by atoms with Crippen LogP contribution in [0.2, 0.25) is 15.1 Å². The molecular formula is C44H50Cl3N7O7. The minimum absolute atomic E-state index is 0.00857. The van der Waals surface area contributed by atoms with Crippen LogP contribution in [0.4, 0.5) is 4.79 Å². The van der Waals surface area contributed by atoms with Crippen molar-refractivity contribution in [1.29, 1.82) is 0 Å². The number of hydrogen-bond donors (Lipinski definition) is 2. The van der Waals surface area contributed by atoms with E-state index in [9.17, 15) is 19.2 Å². The predicted octanol–water partition coefficient (Wildman–Crippen LogP) is 8.23. The number of pyridine rings is 1. The normalized spacial score (nSPS) is 14.4. The van der Waals surface area contributed by atoms with Crippen LogP contribution in [0.3, 0.4) is 0 Å². The van der Waals surface area contributed by atoms with Gasteiger partial charge in [-0.05, 0) is 67.0 Å². The predicted molar refractivity (Wildman–Crippen MR) is 236 cm³/mol. The van der Waals surface area contributed by atoms with Crippen LogP contribution in [0.25, 0.3) is 39.0 Å². The van der Waals surface area contributed by atoms with Crippen molar-refractivity contribution in [2.24, 2.45) is 7.05 Å². The third-order valence-electron chi connectivity index (χ3n) is 10.1. The topological polar surface area (TPSA) is 158 Å². The Morgan fingerprint density at radius 3 is 2.23 bits per heavy atom. The number of fused-ring (bicyclic) bond motifs is 1. The Kier molecular flexibility index (Phi) is 13.4. The van der Waals surface area contributed by atoms with Crippen LogP contribution in [-0.2, 0) is 39.2 Å². The summed E-state index contributed by atoms with van der Waals surface area (Å²) in [6.07, 6.45) is 1.85. The van der Waals surface area contributed by atoms with Crippen LogP contribution in [-0.4, -0.2) is 79.0 Å². The van der Waals surface area contributed by atoms with Crippen LogP contribution in [0.1, 0.15) is 72.7 Å². The lowest BCUT2D eigenvalue weighted by molar-refractivity contribution is -0.154.